The van der Waals surface area contributed by atoms with E-state index in [1.165, 1.54) is 5.57 Å². The van der Waals surface area contributed by atoms with E-state index in [2.05, 4.69) is 26.8 Å². The highest BCUT2D eigenvalue weighted by Gasteiger charge is 2.22. The van der Waals surface area contributed by atoms with Crippen LogP contribution in [0.25, 0.3) is 0 Å². The SMILES string of the molecule is CCCC(C)c1cc(O)c([C@H]2C=C(C)CCC2)c(O)c1. The minimum absolute atomic E-state index is 0.152. The predicted octanol–water partition coefficient (Wildman–Crippen LogP) is 5.22. The molecule has 0 radical (unpaired) electrons. The summed E-state index contributed by atoms with van der Waals surface area (Å²) in [7, 11) is 0. The van der Waals surface area contributed by atoms with Gasteiger partial charge in [-0.05, 0) is 56.2 Å². The maximum Gasteiger partial charge on any atom is 0.123 e. The molecule has 1 aromatic rings. The third-order valence-corrected chi connectivity index (χ3v) is 4.39. The molecule has 20 heavy (non-hydrogen) atoms. The van der Waals surface area contributed by atoms with Crippen molar-refractivity contribution in [2.45, 2.75) is 64.7 Å². The molecule has 2 nitrogen and oxygen atoms in total. The van der Waals surface area contributed by atoms with E-state index in [0.29, 0.717) is 11.5 Å². The molecule has 2 rings (SSSR count). The average Bonchev–Trinajstić information content (AvgIpc) is 2.38. The van der Waals surface area contributed by atoms with Gasteiger partial charge in [0.2, 0.25) is 0 Å². The van der Waals surface area contributed by atoms with Gasteiger partial charge in [-0.1, -0.05) is 31.9 Å². The van der Waals surface area contributed by atoms with Gasteiger partial charge in [0, 0.05) is 11.5 Å². The fraction of sp³-hybridized carbons (Fsp3) is 0.556. The molecule has 0 aromatic heterocycles. The Morgan fingerprint density at radius 2 is 1.90 bits per heavy atom. The first-order valence-corrected chi connectivity index (χ1v) is 7.76. The van der Waals surface area contributed by atoms with Crippen molar-refractivity contribution in [1.82, 2.24) is 0 Å². The van der Waals surface area contributed by atoms with Crippen LogP contribution in [0, 0.1) is 0 Å². The summed E-state index contributed by atoms with van der Waals surface area (Å²) in [6.45, 7) is 6.42. The van der Waals surface area contributed by atoms with E-state index in [4.69, 9.17) is 0 Å². The highest BCUT2D eigenvalue weighted by atomic mass is 16.3. The maximum atomic E-state index is 10.3. The lowest BCUT2D eigenvalue weighted by atomic mass is 9.84. The topological polar surface area (TPSA) is 40.5 Å². The third kappa shape index (κ3) is 3.17. The Kier molecular flexibility index (Phi) is 4.74. The molecule has 0 bridgehead atoms. The number of allylic oxidation sites excluding steroid dienone is 2. The first-order valence-electron chi connectivity index (χ1n) is 7.76. The molecule has 0 saturated carbocycles. The van der Waals surface area contributed by atoms with E-state index in [9.17, 15) is 10.2 Å². The summed E-state index contributed by atoms with van der Waals surface area (Å²) < 4.78 is 0. The van der Waals surface area contributed by atoms with E-state index in [-0.39, 0.29) is 17.4 Å². The number of rotatable bonds is 4. The molecule has 0 fully saturated rings. The van der Waals surface area contributed by atoms with Gasteiger partial charge in [-0.2, -0.15) is 0 Å². The number of benzene rings is 1. The van der Waals surface area contributed by atoms with Gasteiger partial charge in [0.15, 0.2) is 0 Å². The van der Waals surface area contributed by atoms with Gasteiger partial charge < -0.3 is 10.2 Å². The van der Waals surface area contributed by atoms with E-state index < -0.39 is 0 Å². The number of aromatic hydroxyl groups is 2. The number of hydrogen-bond acceptors (Lipinski definition) is 2. The van der Waals surface area contributed by atoms with Crippen LogP contribution in [0.1, 0.15) is 75.8 Å². The number of hydrogen-bond donors (Lipinski definition) is 2. The van der Waals surface area contributed by atoms with Crippen molar-refractivity contribution in [2.75, 3.05) is 0 Å². The Balaban J connectivity index is 2.34. The van der Waals surface area contributed by atoms with Gasteiger partial charge in [-0.25, -0.2) is 0 Å². The molecule has 1 unspecified atom stereocenters. The molecule has 110 valence electrons. The van der Waals surface area contributed by atoms with Crippen molar-refractivity contribution in [3.05, 3.63) is 34.9 Å². The fourth-order valence-corrected chi connectivity index (χ4v) is 3.25. The van der Waals surface area contributed by atoms with Gasteiger partial charge in [-0.3, -0.25) is 0 Å². The second-order valence-corrected chi connectivity index (χ2v) is 6.17. The summed E-state index contributed by atoms with van der Waals surface area (Å²) in [5.74, 6) is 1.02. The summed E-state index contributed by atoms with van der Waals surface area (Å²) in [5.41, 5.74) is 3.09. The summed E-state index contributed by atoms with van der Waals surface area (Å²) >= 11 is 0. The van der Waals surface area contributed by atoms with Crippen LogP contribution >= 0.6 is 0 Å². The van der Waals surface area contributed by atoms with Crippen molar-refractivity contribution in [1.29, 1.82) is 0 Å². The molecule has 0 heterocycles. The summed E-state index contributed by atoms with van der Waals surface area (Å²) in [5, 5.41) is 20.7. The van der Waals surface area contributed by atoms with Crippen LogP contribution in [-0.2, 0) is 0 Å². The Morgan fingerprint density at radius 1 is 1.25 bits per heavy atom. The molecular weight excluding hydrogens is 248 g/mol. The van der Waals surface area contributed by atoms with Gasteiger partial charge in [0.25, 0.3) is 0 Å². The van der Waals surface area contributed by atoms with Crippen LogP contribution in [0.15, 0.2) is 23.8 Å². The quantitative estimate of drug-likeness (QED) is 0.739. The zero-order valence-electron chi connectivity index (χ0n) is 12.8. The van der Waals surface area contributed by atoms with Gasteiger partial charge >= 0.3 is 0 Å². The van der Waals surface area contributed by atoms with Crippen LogP contribution in [0.5, 0.6) is 11.5 Å². The van der Waals surface area contributed by atoms with Crippen molar-refractivity contribution < 1.29 is 10.2 Å². The van der Waals surface area contributed by atoms with Crippen LogP contribution in [-0.4, -0.2) is 10.2 Å². The second kappa shape index (κ2) is 6.34. The van der Waals surface area contributed by atoms with Crippen LogP contribution in [0.2, 0.25) is 0 Å². The molecule has 1 aromatic carbocycles. The molecule has 2 N–H and O–H groups in total. The van der Waals surface area contributed by atoms with Crippen LogP contribution in [0.4, 0.5) is 0 Å². The van der Waals surface area contributed by atoms with E-state index in [0.717, 1.165) is 37.7 Å². The van der Waals surface area contributed by atoms with Crippen molar-refractivity contribution in [2.24, 2.45) is 0 Å². The Hall–Kier alpha value is -1.44. The monoisotopic (exact) mass is 274 g/mol. The molecule has 1 aliphatic rings. The largest absolute Gasteiger partial charge is 0.507 e. The minimum atomic E-state index is 0.152. The van der Waals surface area contributed by atoms with E-state index in [1.807, 2.05) is 12.1 Å². The Bertz CT molecular complexity index is 479. The molecule has 2 heteroatoms. The Labute approximate surface area is 122 Å². The van der Waals surface area contributed by atoms with Crippen molar-refractivity contribution in [3.63, 3.8) is 0 Å². The average molecular weight is 274 g/mol. The van der Waals surface area contributed by atoms with E-state index in [1.54, 1.807) is 0 Å². The Morgan fingerprint density at radius 3 is 2.45 bits per heavy atom. The molecule has 0 spiro atoms. The van der Waals surface area contributed by atoms with Gasteiger partial charge in [0.1, 0.15) is 11.5 Å². The van der Waals surface area contributed by atoms with Crippen LogP contribution < -0.4 is 0 Å². The third-order valence-electron chi connectivity index (χ3n) is 4.39. The number of phenols is 2. The molecule has 0 saturated heterocycles. The first kappa shape index (κ1) is 15.0. The summed E-state index contributed by atoms with van der Waals surface area (Å²) in [4.78, 5) is 0. The smallest absolute Gasteiger partial charge is 0.123 e. The summed E-state index contributed by atoms with van der Waals surface area (Å²) in [6.07, 6.45) is 7.62. The standard InChI is InChI=1S/C18H26O2/c1-4-6-13(3)15-10-16(19)18(17(20)11-15)14-8-5-7-12(2)9-14/h9-11,13-14,19-20H,4-8H2,1-3H3/t13?,14-/m1/s1. The molecular formula is C18H26O2. The predicted molar refractivity (Wildman–Crippen MR) is 83.4 cm³/mol. The van der Waals surface area contributed by atoms with Crippen LogP contribution in [0.3, 0.4) is 0 Å². The normalized spacial score (nSPS) is 20.6. The van der Waals surface area contributed by atoms with Crippen molar-refractivity contribution >= 4 is 0 Å². The lowest BCUT2D eigenvalue weighted by Crippen LogP contribution is -2.04. The molecule has 2 atom stereocenters. The highest BCUT2D eigenvalue weighted by Crippen LogP contribution is 2.42. The molecule has 1 aliphatic carbocycles. The minimum Gasteiger partial charge on any atom is -0.507 e. The summed E-state index contributed by atoms with van der Waals surface area (Å²) in [6, 6.07) is 3.68. The highest BCUT2D eigenvalue weighted by molar-refractivity contribution is 5.51. The molecule has 0 amide bonds. The first-order chi connectivity index (χ1) is 9.52. The fourth-order valence-electron chi connectivity index (χ4n) is 3.25. The van der Waals surface area contributed by atoms with Gasteiger partial charge in [-0.15, -0.1) is 0 Å². The van der Waals surface area contributed by atoms with E-state index >= 15 is 0 Å². The lowest BCUT2D eigenvalue weighted by molar-refractivity contribution is 0.426. The van der Waals surface area contributed by atoms with Gasteiger partial charge in [0.05, 0.1) is 0 Å². The molecule has 0 aliphatic heterocycles. The maximum absolute atomic E-state index is 10.3. The lowest BCUT2D eigenvalue weighted by Gasteiger charge is -2.23. The zero-order chi connectivity index (χ0) is 14.7. The van der Waals surface area contributed by atoms with Crippen molar-refractivity contribution in [3.8, 4) is 11.5 Å². The second-order valence-electron chi connectivity index (χ2n) is 6.17. The zero-order valence-corrected chi connectivity index (χ0v) is 12.8. The number of phenolic OH excluding ortho intramolecular Hbond substituents is 2.